The van der Waals surface area contributed by atoms with Crippen molar-refractivity contribution in [1.29, 1.82) is 0 Å². The van der Waals surface area contributed by atoms with E-state index in [1.54, 1.807) is 36.7 Å². The molecule has 0 N–H and O–H groups in total. The van der Waals surface area contributed by atoms with Crippen LogP contribution in [0.1, 0.15) is 30.4 Å². The SMILES string of the molecule is Clc1ccc2c(c1)N=Cc1ccccc1OCCCOc1ccccc1C=Nc1cc(Cl)ccc1OCCCCO2. The maximum atomic E-state index is 6.27. The van der Waals surface area contributed by atoms with E-state index in [1.807, 2.05) is 60.7 Å². The van der Waals surface area contributed by atoms with Gasteiger partial charge >= 0.3 is 0 Å². The number of hydrogen-bond donors (Lipinski definition) is 0. The molecule has 4 aromatic carbocycles. The molecule has 1 aliphatic rings. The van der Waals surface area contributed by atoms with Crippen molar-refractivity contribution >= 4 is 47.0 Å². The average molecular weight is 590 g/mol. The highest BCUT2D eigenvalue weighted by atomic mass is 35.5. The number of halogens is 2. The second-order valence-corrected chi connectivity index (χ2v) is 10.1. The number of ether oxygens (including phenoxy) is 4. The third kappa shape index (κ3) is 8.26. The van der Waals surface area contributed by atoms with Gasteiger partial charge in [0.25, 0.3) is 0 Å². The zero-order valence-electron chi connectivity index (χ0n) is 22.5. The van der Waals surface area contributed by atoms with Gasteiger partial charge in [-0.1, -0.05) is 47.5 Å². The van der Waals surface area contributed by atoms with E-state index in [4.69, 9.17) is 42.1 Å². The van der Waals surface area contributed by atoms with Gasteiger partial charge in [-0.05, 0) is 73.5 Å². The highest BCUT2D eigenvalue weighted by molar-refractivity contribution is 6.31. The van der Waals surface area contributed by atoms with Gasteiger partial charge in [0.2, 0.25) is 0 Å². The van der Waals surface area contributed by atoms with Gasteiger partial charge in [-0.15, -0.1) is 0 Å². The van der Waals surface area contributed by atoms with Crippen LogP contribution in [-0.4, -0.2) is 38.9 Å². The normalized spacial score (nSPS) is 14.5. The van der Waals surface area contributed by atoms with Gasteiger partial charge in [0.05, 0.1) is 26.4 Å². The molecule has 5 rings (SSSR count). The predicted molar refractivity (Wildman–Crippen MR) is 166 cm³/mol. The number of nitrogens with zero attached hydrogens (tertiary/aromatic N) is 2. The molecule has 0 fully saturated rings. The minimum Gasteiger partial charge on any atom is -0.493 e. The Balaban J connectivity index is 1.38. The van der Waals surface area contributed by atoms with Crippen molar-refractivity contribution in [2.75, 3.05) is 26.4 Å². The van der Waals surface area contributed by atoms with E-state index >= 15 is 0 Å². The van der Waals surface area contributed by atoms with Crippen LogP contribution in [0, 0.1) is 0 Å². The van der Waals surface area contributed by atoms with E-state index in [2.05, 4.69) is 9.98 Å². The quantitative estimate of drug-likeness (QED) is 0.206. The zero-order chi connectivity index (χ0) is 28.3. The van der Waals surface area contributed by atoms with Crippen LogP contribution in [0.5, 0.6) is 23.0 Å². The van der Waals surface area contributed by atoms with Gasteiger partial charge in [0, 0.05) is 40.0 Å². The molecule has 4 aromatic rings. The molecular weight excluding hydrogens is 559 g/mol. The molecule has 1 aliphatic heterocycles. The maximum Gasteiger partial charge on any atom is 0.144 e. The second kappa shape index (κ2) is 14.6. The van der Waals surface area contributed by atoms with Crippen molar-refractivity contribution in [3.05, 3.63) is 106 Å². The maximum absolute atomic E-state index is 6.27. The fourth-order valence-corrected chi connectivity index (χ4v) is 4.47. The first-order valence-electron chi connectivity index (χ1n) is 13.5. The fourth-order valence-electron chi connectivity index (χ4n) is 4.13. The molecule has 0 saturated heterocycles. The number of fused-ring (bicyclic) bond motifs is 4. The van der Waals surface area contributed by atoms with Crippen LogP contribution in [0.15, 0.2) is 94.9 Å². The lowest BCUT2D eigenvalue weighted by Gasteiger charge is -2.11. The number of aliphatic imine (C=N–C) groups is 2. The molecule has 0 spiro atoms. The number of hydrogen-bond acceptors (Lipinski definition) is 6. The Bertz CT molecular complexity index is 1410. The summed E-state index contributed by atoms with van der Waals surface area (Å²) in [6, 6.07) is 26.4. The first kappa shape index (κ1) is 28.5. The molecular formula is C33H30Cl2N2O4. The molecule has 0 unspecified atom stereocenters. The van der Waals surface area contributed by atoms with Crippen LogP contribution in [0.25, 0.3) is 0 Å². The smallest absolute Gasteiger partial charge is 0.144 e. The van der Waals surface area contributed by atoms with Crippen molar-refractivity contribution in [3.8, 4) is 23.0 Å². The lowest BCUT2D eigenvalue weighted by Crippen LogP contribution is -2.07. The van der Waals surface area contributed by atoms with Gasteiger partial charge < -0.3 is 18.9 Å². The van der Waals surface area contributed by atoms with Crippen LogP contribution < -0.4 is 18.9 Å². The van der Waals surface area contributed by atoms with Crippen LogP contribution in [0.2, 0.25) is 10.0 Å². The molecule has 0 saturated carbocycles. The van der Waals surface area contributed by atoms with Crippen molar-refractivity contribution in [1.82, 2.24) is 0 Å². The minimum absolute atomic E-state index is 0.482. The van der Waals surface area contributed by atoms with Gasteiger partial charge in [0.1, 0.15) is 34.4 Å². The second-order valence-electron chi connectivity index (χ2n) is 9.27. The summed E-state index contributed by atoms with van der Waals surface area (Å²) in [5.41, 5.74) is 3.02. The Kier molecular flexibility index (Phi) is 10.1. The molecule has 0 radical (unpaired) electrons. The summed E-state index contributed by atoms with van der Waals surface area (Å²) in [5, 5.41) is 1.17. The molecule has 1 heterocycles. The fraction of sp³-hybridized carbons (Fsp3) is 0.212. The van der Waals surface area contributed by atoms with Gasteiger partial charge in [-0.2, -0.15) is 0 Å². The molecule has 0 amide bonds. The van der Waals surface area contributed by atoms with E-state index in [9.17, 15) is 0 Å². The van der Waals surface area contributed by atoms with E-state index in [1.165, 1.54) is 0 Å². The predicted octanol–water partition coefficient (Wildman–Crippen LogP) is 8.89. The van der Waals surface area contributed by atoms with Gasteiger partial charge in [-0.25, -0.2) is 0 Å². The summed E-state index contributed by atoms with van der Waals surface area (Å²) >= 11 is 12.5. The van der Waals surface area contributed by atoms with Crippen LogP contribution in [-0.2, 0) is 0 Å². The lowest BCUT2D eigenvalue weighted by molar-refractivity contribution is 0.247. The van der Waals surface area contributed by atoms with Crippen molar-refractivity contribution < 1.29 is 18.9 Å². The highest BCUT2D eigenvalue weighted by Gasteiger charge is 2.08. The summed E-state index contributed by atoms with van der Waals surface area (Å²) in [7, 11) is 0. The summed E-state index contributed by atoms with van der Waals surface area (Å²) in [5.74, 6) is 2.80. The number of rotatable bonds is 0. The summed E-state index contributed by atoms with van der Waals surface area (Å²) in [6.07, 6.45) is 5.81. The van der Waals surface area contributed by atoms with E-state index in [0.717, 1.165) is 35.5 Å². The van der Waals surface area contributed by atoms with Crippen LogP contribution in [0.3, 0.4) is 0 Å². The van der Waals surface area contributed by atoms with Crippen LogP contribution in [0.4, 0.5) is 11.4 Å². The molecule has 0 bridgehead atoms. The number of para-hydroxylation sites is 2. The Labute approximate surface area is 250 Å². The largest absolute Gasteiger partial charge is 0.493 e. The van der Waals surface area contributed by atoms with Crippen molar-refractivity contribution in [2.24, 2.45) is 9.98 Å². The van der Waals surface area contributed by atoms with Crippen molar-refractivity contribution in [3.63, 3.8) is 0 Å². The van der Waals surface area contributed by atoms with E-state index in [-0.39, 0.29) is 0 Å². The monoisotopic (exact) mass is 588 g/mol. The molecule has 210 valence electrons. The molecule has 6 nitrogen and oxygen atoms in total. The first-order valence-corrected chi connectivity index (χ1v) is 14.3. The summed E-state index contributed by atoms with van der Waals surface area (Å²) in [4.78, 5) is 9.36. The molecule has 8 heteroatoms. The minimum atomic E-state index is 0.482. The zero-order valence-corrected chi connectivity index (χ0v) is 24.0. The third-order valence-corrected chi connectivity index (χ3v) is 6.69. The Morgan fingerprint density at radius 2 is 0.878 bits per heavy atom. The lowest BCUT2D eigenvalue weighted by atomic mass is 10.2. The standard InChI is InChI=1S/C33H30Cl2N2O4/c34-26-12-14-32-28(20-26)36-22-24-8-1-3-10-30(24)38-18-7-19-39-31-11-4-2-9-25(31)23-37-29-21-27(35)13-15-33(29)41-17-6-5-16-40-32/h1-4,8-15,20-23H,5-7,16-19H2. The van der Waals surface area contributed by atoms with E-state index < -0.39 is 0 Å². The Morgan fingerprint density at radius 1 is 0.463 bits per heavy atom. The number of benzene rings is 4. The Morgan fingerprint density at radius 3 is 1.37 bits per heavy atom. The summed E-state index contributed by atoms with van der Waals surface area (Å²) < 4.78 is 24.3. The molecule has 0 aliphatic carbocycles. The first-order chi connectivity index (χ1) is 20.2. The van der Waals surface area contributed by atoms with Gasteiger partial charge in [0.15, 0.2) is 0 Å². The molecule has 0 aromatic heterocycles. The average Bonchev–Trinajstić information content (AvgIpc) is 2.98. The summed E-state index contributed by atoms with van der Waals surface area (Å²) in [6.45, 7) is 1.98. The van der Waals surface area contributed by atoms with Gasteiger partial charge in [-0.3, -0.25) is 9.98 Å². The highest BCUT2D eigenvalue weighted by Crippen LogP contribution is 2.33. The third-order valence-electron chi connectivity index (χ3n) is 6.22. The molecule has 41 heavy (non-hydrogen) atoms. The van der Waals surface area contributed by atoms with Crippen molar-refractivity contribution in [2.45, 2.75) is 19.3 Å². The van der Waals surface area contributed by atoms with E-state index in [0.29, 0.717) is 65.8 Å². The molecule has 0 atom stereocenters. The topological polar surface area (TPSA) is 61.6 Å². The van der Waals surface area contributed by atoms with Crippen LogP contribution >= 0.6 is 23.2 Å². The Hall–Kier alpha value is -4.00.